The number of aliphatic carboxylic acids is 1. The number of carboxylic acid groups (broad SMARTS) is 1. The third-order valence-corrected chi connectivity index (χ3v) is 7.05. The number of carbonyl (C=O) groups excluding carboxylic acids is 2. The van der Waals surface area contributed by atoms with Gasteiger partial charge in [0.1, 0.15) is 11.8 Å². The predicted molar refractivity (Wildman–Crippen MR) is 160 cm³/mol. The largest absolute Gasteiger partial charge is 0.479 e. The standard InChI is InChI=1S/C34H40N2O5/c1-5-6-15-29(33(39)40)41-28-16-11-10-14-26(28)30(32(38)36-34(2,3)4)35-31(37)24-19-20-25(22-12-8-7-9-13-22)27(21-24)23-17-18-23/h7-14,16,19-21,23,29-30H,5-6,15,17-18H2,1-4H3,(H,35,37)(H,36,38)(H,39,40). The Morgan fingerprint density at radius 2 is 1.66 bits per heavy atom. The third-order valence-electron chi connectivity index (χ3n) is 7.05. The molecule has 0 bridgehead atoms. The third kappa shape index (κ3) is 7.97. The smallest absolute Gasteiger partial charge is 0.344 e. The van der Waals surface area contributed by atoms with Crippen LogP contribution in [0.1, 0.15) is 93.2 Å². The number of carbonyl (C=O) groups is 3. The van der Waals surface area contributed by atoms with Crippen LogP contribution in [0, 0.1) is 0 Å². The lowest BCUT2D eigenvalue weighted by Crippen LogP contribution is -2.48. The van der Waals surface area contributed by atoms with Gasteiger partial charge in [-0.15, -0.1) is 0 Å². The molecule has 4 rings (SSSR count). The van der Waals surface area contributed by atoms with Gasteiger partial charge in [0.2, 0.25) is 5.91 Å². The molecule has 7 heteroatoms. The minimum Gasteiger partial charge on any atom is -0.479 e. The normalized spacial score (nSPS) is 14.5. The number of ether oxygens (including phenoxy) is 1. The van der Waals surface area contributed by atoms with Crippen LogP contribution >= 0.6 is 0 Å². The summed E-state index contributed by atoms with van der Waals surface area (Å²) < 4.78 is 5.95. The molecule has 0 radical (unpaired) electrons. The van der Waals surface area contributed by atoms with Crippen molar-refractivity contribution in [2.75, 3.05) is 0 Å². The van der Waals surface area contributed by atoms with Crippen LogP contribution in [-0.4, -0.2) is 34.5 Å². The number of rotatable bonds is 12. The van der Waals surface area contributed by atoms with Gasteiger partial charge >= 0.3 is 5.97 Å². The first-order chi connectivity index (χ1) is 19.6. The van der Waals surface area contributed by atoms with Gasteiger partial charge in [-0.3, -0.25) is 9.59 Å². The van der Waals surface area contributed by atoms with Crippen LogP contribution in [-0.2, 0) is 9.59 Å². The highest BCUT2D eigenvalue weighted by Gasteiger charge is 2.32. The summed E-state index contributed by atoms with van der Waals surface area (Å²) in [4.78, 5) is 39.2. The molecule has 1 aliphatic rings. The lowest BCUT2D eigenvalue weighted by molar-refractivity contribution is -0.145. The Hall–Kier alpha value is -4.13. The molecule has 2 unspecified atom stereocenters. The van der Waals surface area contributed by atoms with Crippen molar-refractivity contribution in [1.29, 1.82) is 0 Å². The van der Waals surface area contributed by atoms with Crippen LogP contribution in [0.25, 0.3) is 11.1 Å². The molecule has 0 spiro atoms. The molecule has 0 aliphatic heterocycles. The highest BCUT2D eigenvalue weighted by Crippen LogP contribution is 2.44. The summed E-state index contributed by atoms with van der Waals surface area (Å²) in [6, 6.07) is 21.5. The summed E-state index contributed by atoms with van der Waals surface area (Å²) in [5.41, 5.74) is 3.64. The van der Waals surface area contributed by atoms with Gasteiger partial charge in [0.25, 0.3) is 5.91 Å². The second kappa shape index (κ2) is 13.0. The van der Waals surface area contributed by atoms with E-state index in [1.54, 1.807) is 30.3 Å². The topological polar surface area (TPSA) is 105 Å². The molecule has 3 N–H and O–H groups in total. The second-order valence-corrected chi connectivity index (χ2v) is 11.7. The molecule has 216 valence electrons. The molecule has 1 fully saturated rings. The fourth-order valence-electron chi connectivity index (χ4n) is 4.86. The van der Waals surface area contributed by atoms with Gasteiger partial charge in [-0.1, -0.05) is 67.9 Å². The maximum absolute atomic E-state index is 13.7. The summed E-state index contributed by atoms with van der Waals surface area (Å²) in [6.07, 6.45) is 2.94. The minimum atomic E-state index is -1.10. The van der Waals surface area contributed by atoms with Crippen molar-refractivity contribution in [3.63, 3.8) is 0 Å². The predicted octanol–water partition coefficient (Wildman–Crippen LogP) is 6.64. The molecule has 2 atom stereocenters. The quantitative estimate of drug-likeness (QED) is 0.232. The lowest BCUT2D eigenvalue weighted by Gasteiger charge is -2.27. The fraction of sp³-hybridized carbons (Fsp3) is 0.382. The van der Waals surface area contributed by atoms with E-state index < -0.39 is 35.5 Å². The van der Waals surface area contributed by atoms with E-state index >= 15 is 0 Å². The van der Waals surface area contributed by atoms with E-state index in [-0.39, 0.29) is 5.75 Å². The summed E-state index contributed by atoms with van der Waals surface area (Å²) in [5, 5.41) is 15.6. The Balaban J connectivity index is 1.67. The number of benzene rings is 3. The Bertz CT molecular complexity index is 1380. The van der Waals surface area contributed by atoms with Crippen molar-refractivity contribution in [3.8, 4) is 16.9 Å². The van der Waals surface area contributed by atoms with Crippen molar-refractivity contribution >= 4 is 17.8 Å². The van der Waals surface area contributed by atoms with Crippen molar-refractivity contribution in [3.05, 3.63) is 89.5 Å². The van der Waals surface area contributed by atoms with Crippen LogP contribution in [0.2, 0.25) is 0 Å². The number of hydrogen-bond acceptors (Lipinski definition) is 4. The first-order valence-electron chi connectivity index (χ1n) is 14.4. The number of para-hydroxylation sites is 1. The van der Waals surface area contributed by atoms with Gasteiger partial charge < -0.3 is 20.5 Å². The van der Waals surface area contributed by atoms with Crippen LogP contribution in [0.5, 0.6) is 5.75 Å². The van der Waals surface area contributed by atoms with Gasteiger partial charge in [0, 0.05) is 16.7 Å². The van der Waals surface area contributed by atoms with Crippen molar-refractivity contribution in [1.82, 2.24) is 10.6 Å². The molecule has 3 aromatic rings. The highest BCUT2D eigenvalue weighted by molar-refractivity contribution is 5.99. The Morgan fingerprint density at radius 3 is 2.29 bits per heavy atom. The Morgan fingerprint density at radius 1 is 0.976 bits per heavy atom. The molecule has 7 nitrogen and oxygen atoms in total. The van der Waals surface area contributed by atoms with E-state index in [9.17, 15) is 19.5 Å². The fourth-order valence-corrected chi connectivity index (χ4v) is 4.86. The average molecular weight is 557 g/mol. The maximum Gasteiger partial charge on any atom is 0.344 e. The summed E-state index contributed by atoms with van der Waals surface area (Å²) in [6.45, 7) is 7.57. The first kappa shape index (κ1) is 29.8. The van der Waals surface area contributed by atoms with E-state index in [0.29, 0.717) is 29.9 Å². The molecule has 1 saturated carbocycles. The van der Waals surface area contributed by atoms with Gasteiger partial charge in [-0.2, -0.15) is 0 Å². The van der Waals surface area contributed by atoms with Crippen LogP contribution < -0.4 is 15.4 Å². The van der Waals surface area contributed by atoms with Gasteiger partial charge in [0.15, 0.2) is 6.10 Å². The number of carboxylic acids is 1. The average Bonchev–Trinajstić information content (AvgIpc) is 3.79. The highest BCUT2D eigenvalue weighted by atomic mass is 16.5. The molecular weight excluding hydrogens is 516 g/mol. The van der Waals surface area contributed by atoms with E-state index in [2.05, 4.69) is 22.8 Å². The molecule has 0 aromatic heterocycles. The van der Waals surface area contributed by atoms with Crippen LogP contribution in [0.4, 0.5) is 0 Å². The first-order valence-corrected chi connectivity index (χ1v) is 14.4. The zero-order chi connectivity index (χ0) is 29.6. The minimum absolute atomic E-state index is 0.253. The lowest BCUT2D eigenvalue weighted by atomic mass is 9.94. The van der Waals surface area contributed by atoms with Gasteiger partial charge in [-0.25, -0.2) is 4.79 Å². The molecule has 3 aromatic carbocycles. The number of hydrogen-bond donors (Lipinski definition) is 3. The Kier molecular flexibility index (Phi) is 9.48. The van der Waals surface area contributed by atoms with Crippen molar-refractivity contribution < 1.29 is 24.2 Å². The number of nitrogens with one attached hydrogen (secondary N) is 2. The van der Waals surface area contributed by atoms with Crippen molar-refractivity contribution in [2.24, 2.45) is 0 Å². The SMILES string of the molecule is CCCCC(Oc1ccccc1C(NC(=O)c1ccc(-c2ccccc2)c(C2CC2)c1)C(=O)NC(C)(C)C)C(=O)O. The molecule has 2 amide bonds. The van der Waals surface area contributed by atoms with Crippen LogP contribution in [0.3, 0.4) is 0 Å². The molecule has 1 aliphatic carbocycles. The second-order valence-electron chi connectivity index (χ2n) is 11.7. The Labute approximate surface area is 242 Å². The molecular formula is C34H40N2O5. The molecule has 0 heterocycles. The van der Waals surface area contributed by atoms with E-state index in [1.807, 2.05) is 58.0 Å². The molecule has 0 saturated heterocycles. The summed E-state index contributed by atoms with van der Waals surface area (Å²) in [7, 11) is 0. The zero-order valence-corrected chi connectivity index (χ0v) is 24.3. The maximum atomic E-state index is 13.7. The van der Waals surface area contributed by atoms with Crippen LogP contribution in [0.15, 0.2) is 72.8 Å². The van der Waals surface area contributed by atoms with Gasteiger partial charge in [0.05, 0.1) is 0 Å². The number of unbranched alkanes of at least 4 members (excludes halogenated alkanes) is 1. The van der Waals surface area contributed by atoms with E-state index in [0.717, 1.165) is 36.0 Å². The van der Waals surface area contributed by atoms with E-state index in [1.165, 1.54) is 0 Å². The summed E-state index contributed by atoms with van der Waals surface area (Å²) >= 11 is 0. The van der Waals surface area contributed by atoms with Crippen molar-refractivity contribution in [2.45, 2.75) is 83.4 Å². The van der Waals surface area contributed by atoms with E-state index in [4.69, 9.17) is 4.74 Å². The van der Waals surface area contributed by atoms with Gasteiger partial charge in [-0.05, 0) is 87.3 Å². The zero-order valence-electron chi connectivity index (χ0n) is 24.3. The number of amides is 2. The monoisotopic (exact) mass is 556 g/mol. The molecule has 41 heavy (non-hydrogen) atoms. The summed E-state index contributed by atoms with van der Waals surface area (Å²) in [5.74, 6) is -1.22.